The number of carbonyl (C=O) groups is 1. The monoisotopic (exact) mass is 469 g/mol. The SMILES string of the molecule is O=C1Nc2ccc(Cl)cc2C12c1c(c3ccccc3oc1=O)-n1c(=O)c3ccccc3c(=O)n12. The predicted molar refractivity (Wildman–Crippen MR) is 126 cm³/mol. The third-order valence-electron chi connectivity index (χ3n) is 6.60. The van der Waals surface area contributed by atoms with E-state index in [0.717, 1.165) is 9.36 Å². The molecule has 5 aromatic rings. The number of halogens is 1. The molecule has 3 aromatic carbocycles. The van der Waals surface area contributed by atoms with Gasteiger partial charge in [-0.25, -0.2) is 14.2 Å². The first-order chi connectivity index (χ1) is 16.4. The zero-order valence-electron chi connectivity index (χ0n) is 17.2. The fourth-order valence-electron chi connectivity index (χ4n) is 5.27. The van der Waals surface area contributed by atoms with Crippen molar-refractivity contribution in [3.63, 3.8) is 0 Å². The third kappa shape index (κ3) is 2.00. The highest BCUT2D eigenvalue weighted by molar-refractivity contribution is 6.31. The van der Waals surface area contributed by atoms with Gasteiger partial charge in [0.2, 0.25) is 5.54 Å². The van der Waals surface area contributed by atoms with Crippen LogP contribution in [0.15, 0.2) is 85.5 Å². The Bertz CT molecular complexity index is 1950. The van der Waals surface area contributed by atoms with Crippen molar-refractivity contribution in [1.82, 2.24) is 9.36 Å². The van der Waals surface area contributed by atoms with E-state index in [1.165, 1.54) is 12.1 Å². The van der Waals surface area contributed by atoms with Crippen LogP contribution in [0.5, 0.6) is 0 Å². The van der Waals surface area contributed by atoms with Crippen molar-refractivity contribution in [3.05, 3.63) is 114 Å². The van der Waals surface area contributed by atoms with E-state index in [4.69, 9.17) is 16.0 Å². The van der Waals surface area contributed by atoms with Crippen molar-refractivity contribution < 1.29 is 9.21 Å². The van der Waals surface area contributed by atoms with Crippen LogP contribution < -0.4 is 22.1 Å². The largest absolute Gasteiger partial charge is 0.422 e. The first-order valence-corrected chi connectivity index (χ1v) is 10.8. The number of hydrogen-bond acceptors (Lipinski definition) is 5. The fourth-order valence-corrected chi connectivity index (χ4v) is 5.44. The number of rotatable bonds is 0. The molecule has 1 N–H and O–H groups in total. The molecule has 0 saturated heterocycles. The quantitative estimate of drug-likeness (QED) is 0.351. The van der Waals surface area contributed by atoms with Crippen LogP contribution in [0.4, 0.5) is 5.69 Å². The van der Waals surface area contributed by atoms with E-state index in [9.17, 15) is 19.2 Å². The van der Waals surface area contributed by atoms with Gasteiger partial charge in [0.15, 0.2) is 0 Å². The molecule has 4 heterocycles. The molecule has 1 spiro atoms. The zero-order chi connectivity index (χ0) is 23.4. The number of benzene rings is 3. The minimum absolute atomic E-state index is 0.112. The Kier molecular flexibility index (Phi) is 3.43. The number of aromatic nitrogens is 2. The van der Waals surface area contributed by atoms with E-state index in [1.54, 1.807) is 54.6 Å². The van der Waals surface area contributed by atoms with E-state index >= 15 is 0 Å². The van der Waals surface area contributed by atoms with Crippen molar-refractivity contribution >= 4 is 44.9 Å². The smallest absolute Gasteiger partial charge is 0.345 e. The summed E-state index contributed by atoms with van der Waals surface area (Å²) in [7, 11) is 0. The van der Waals surface area contributed by atoms with E-state index < -0.39 is 28.2 Å². The van der Waals surface area contributed by atoms with Crippen molar-refractivity contribution in [3.8, 4) is 5.69 Å². The Labute approximate surface area is 194 Å². The second-order valence-electron chi connectivity index (χ2n) is 8.24. The summed E-state index contributed by atoms with van der Waals surface area (Å²) in [6.07, 6.45) is 0. The minimum atomic E-state index is -1.97. The molecule has 0 radical (unpaired) electrons. The van der Waals surface area contributed by atoms with Gasteiger partial charge in [-0.3, -0.25) is 14.4 Å². The average Bonchev–Trinajstić information content (AvgIpc) is 3.32. The number of hydrogen-bond donors (Lipinski definition) is 1. The molecule has 1 unspecified atom stereocenters. The lowest BCUT2D eigenvalue weighted by molar-refractivity contribution is -0.120. The molecule has 8 nitrogen and oxygen atoms in total. The van der Waals surface area contributed by atoms with Crippen molar-refractivity contribution in [1.29, 1.82) is 0 Å². The molecular formula is C25H12ClN3O5. The Morgan fingerprint density at radius 2 is 1.50 bits per heavy atom. The molecule has 0 aliphatic carbocycles. The van der Waals surface area contributed by atoms with Gasteiger partial charge in [-0.2, -0.15) is 0 Å². The summed E-state index contributed by atoms with van der Waals surface area (Å²) in [5, 5.41) is 3.78. The molecule has 164 valence electrons. The maximum absolute atomic E-state index is 13.9. The molecule has 0 fully saturated rings. The molecule has 7 rings (SSSR count). The van der Waals surface area contributed by atoms with Crippen LogP contribution >= 0.6 is 11.6 Å². The minimum Gasteiger partial charge on any atom is -0.422 e. The van der Waals surface area contributed by atoms with Gasteiger partial charge in [-0.15, -0.1) is 0 Å². The van der Waals surface area contributed by atoms with Crippen molar-refractivity contribution in [2.45, 2.75) is 5.54 Å². The highest BCUT2D eigenvalue weighted by Gasteiger charge is 2.60. The van der Waals surface area contributed by atoms with E-state index in [0.29, 0.717) is 16.1 Å². The van der Waals surface area contributed by atoms with Crippen LogP contribution in [0.3, 0.4) is 0 Å². The second kappa shape index (κ2) is 6.12. The number of nitrogens with one attached hydrogen (secondary N) is 1. The molecule has 9 heteroatoms. The number of para-hydroxylation sites is 1. The van der Waals surface area contributed by atoms with Crippen molar-refractivity contribution in [2.24, 2.45) is 0 Å². The van der Waals surface area contributed by atoms with Crippen molar-refractivity contribution in [2.75, 3.05) is 5.32 Å². The van der Waals surface area contributed by atoms with Crippen LogP contribution in [-0.4, -0.2) is 15.3 Å². The second-order valence-corrected chi connectivity index (χ2v) is 8.68. The lowest BCUT2D eigenvalue weighted by Gasteiger charge is -2.24. The lowest BCUT2D eigenvalue weighted by Crippen LogP contribution is -2.51. The van der Waals surface area contributed by atoms with Gasteiger partial charge in [0.05, 0.1) is 16.5 Å². The molecule has 1 atom stereocenters. The van der Waals surface area contributed by atoms with Gasteiger partial charge >= 0.3 is 5.63 Å². The fraction of sp³-hybridized carbons (Fsp3) is 0.0400. The summed E-state index contributed by atoms with van der Waals surface area (Å²) < 4.78 is 7.80. The number of fused-ring (bicyclic) bond motifs is 10. The van der Waals surface area contributed by atoms with Crippen LogP contribution in [-0.2, 0) is 10.3 Å². The normalized spacial score (nSPS) is 17.7. The van der Waals surface area contributed by atoms with Crippen LogP contribution in [0, 0.1) is 0 Å². The van der Waals surface area contributed by atoms with Gasteiger partial charge in [0.1, 0.15) is 11.1 Å². The molecular weight excluding hydrogens is 458 g/mol. The van der Waals surface area contributed by atoms with Crippen LogP contribution in [0.2, 0.25) is 5.02 Å². The summed E-state index contributed by atoms with van der Waals surface area (Å²) >= 11 is 6.29. The standard InChI is InChI=1S/C25H12ClN3O5/c26-12-9-10-17-16(11-12)25(24(33)27-17)19-20(15-7-3-4-8-18(15)34-23(19)32)28-21(30)13-5-1-2-6-14(13)22(31)29(25)28/h1-11H,(H,27,33). The van der Waals surface area contributed by atoms with E-state index in [-0.39, 0.29) is 33.2 Å². The van der Waals surface area contributed by atoms with Crippen LogP contribution in [0.1, 0.15) is 11.1 Å². The van der Waals surface area contributed by atoms with Gasteiger partial charge in [0, 0.05) is 21.7 Å². The molecule has 34 heavy (non-hydrogen) atoms. The Morgan fingerprint density at radius 3 is 2.26 bits per heavy atom. The van der Waals surface area contributed by atoms with Gasteiger partial charge in [-0.1, -0.05) is 35.9 Å². The Balaban J connectivity index is 1.85. The first-order valence-electron chi connectivity index (χ1n) is 10.4. The van der Waals surface area contributed by atoms with Gasteiger partial charge < -0.3 is 9.73 Å². The first kappa shape index (κ1) is 19.1. The maximum Gasteiger partial charge on any atom is 0.345 e. The maximum atomic E-state index is 13.9. The molecule has 2 aromatic heterocycles. The summed E-state index contributed by atoms with van der Waals surface area (Å²) in [5.41, 5.74) is -3.00. The van der Waals surface area contributed by atoms with Gasteiger partial charge in [0.25, 0.3) is 17.0 Å². The van der Waals surface area contributed by atoms with Crippen LogP contribution in [0.25, 0.3) is 27.4 Å². The van der Waals surface area contributed by atoms with Gasteiger partial charge in [-0.05, 0) is 42.5 Å². The molecule has 1 amide bonds. The number of anilines is 1. The van der Waals surface area contributed by atoms with E-state index in [2.05, 4.69) is 5.32 Å². The Morgan fingerprint density at radius 1 is 0.824 bits per heavy atom. The number of amides is 1. The summed E-state index contributed by atoms with van der Waals surface area (Å²) in [5.74, 6) is -0.656. The predicted octanol–water partition coefficient (Wildman–Crippen LogP) is 2.97. The highest BCUT2D eigenvalue weighted by Crippen LogP contribution is 2.49. The highest BCUT2D eigenvalue weighted by atomic mass is 35.5. The average molecular weight is 470 g/mol. The Hall–Kier alpha value is -4.43. The summed E-state index contributed by atoms with van der Waals surface area (Å²) in [6, 6.07) is 17.8. The topological polar surface area (TPSA) is 103 Å². The molecule has 2 aliphatic rings. The molecule has 2 aliphatic heterocycles. The number of nitrogens with zero attached hydrogens (tertiary/aromatic N) is 2. The molecule has 0 saturated carbocycles. The molecule has 0 bridgehead atoms. The number of carbonyl (C=O) groups excluding carboxylic acids is 1. The zero-order valence-corrected chi connectivity index (χ0v) is 17.9. The summed E-state index contributed by atoms with van der Waals surface area (Å²) in [4.78, 5) is 55.0. The lowest BCUT2D eigenvalue weighted by atomic mass is 9.84. The third-order valence-corrected chi connectivity index (χ3v) is 6.83. The van der Waals surface area contributed by atoms with E-state index in [1.807, 2.05) is 0 Å². The summed E-state index contributed by atoms with van der Waals surface area (Å²) in [6.45, 7) is 0.